The van der Waals surface area contributed by atoms with E-state index in [0.717, 1.165) is 24.8 Å². The van der Waals surface area contributed by atoms with Gasteiger partial charge < -0.3 is 16.8 Å². The second kappa shape index (κ2) is 7.12. The Morgan fingerprint density at radius 2 is 1.92 bits per heavy atom. The monoisotopic (exact) mass is 372 g/mol. The van der Waals surface area contributed by atoms with Crippen LogP contribution in [-0.2, 0) is 9.84 Å². The maximum absolute atomic E-state index is 11.5. The lowest BCUT2D eigenvalue weighted by molar-refractivity contribution is 0.602. The molecule has 1 heterocycles. The van der Waals surface area contributed by atoms with E-state index in [9.17, 15) is 8.42 Å². The van der Waals surface area contributed by atoms with E-state index in [0.29, 0.717) is 23.4 Å². The minimum atomic E-state index is -3.23. The van der Waals surface area contributed by atoms with Gasteiger partial charge in [-0.05, 0) is 49.1 Å². The summed E-state index contributed by atoms with van der Waals surface area (Å²) < 4.78 is 23.0. The highest BCUT2D eigenvalue weighted by Gasteiger charge is 2.23. The highest BCUT2D eigenvalue weighted by atomic mass is 32.2. The molecule has 1 saturated carbocycles. The molecule has 1 aliphatic rings. The van der Waals surface area contributed by atoms with E-state index in [4.69, 9.17) is 11.5 Å². The van der Waals surface area contributed by atoms with Crippen molar-refractivity contribution < 1.29 is 8.42 Å². The number of anilines is 2. The molecule has 0 saturated heterocycles. The lowest BCUT2D eigenvalue weighted by atomic mass is 10.3. The average molecular weight is 372 g/mol. The number of nitrogens with two attached hydrogens (primary N) is 2. The van der Waals surface area contributed by atoms with Crippen molar-refractivity contribution in [3.63, 3.8) is 0 Å². The van der Waals surface area contributed by atoms with Crippen LogP contribution in [0.2, 0.25) is 0 Å². The molecule has 1 aliphatic carbocycles. The SMILES string of the molecule is CS(=O)(=O)c1ccc(Nc2nccc(N=C(N)/C=C(\N)C3CC3)n2)cc1. The minimum absolute atomic E-state index is 0.245. The zero-order valence-corrected chi connectivity index (χ0v) is 15.1. The van der Waals surface area contributed by atoms with E-state index in [2.05, 4.69) is 20.3 Å². The second-order valence-corrected chi connectivity index (χ2v) is 8.13. The Bertz CT molecular complexity index is 963. The van der Waals surface area contributed by atoms with Gasteiger partial charge in [-0.15, -0.1) is 0 Å². The van der Waals surface area contributed by atoms with E-state index >= 15 is 0 Å². The Balaban J connectivity index is 1.74. The van der Waals surface area contributed by atoms with Crippen LogP contribution in [0.15, 0.2) is 58.2 Å². The highest BCUT2D eigenvalue weighted by Crippen LogP contribution is 2.33. The predicted molar refractivity (Wildman–Crippen MR) is 101 cm³/mol. The van der Waals surface area contributed by atoms with Crippen LogP contribution in [0.1, 0.15) is 12.8 Å². The lowest BCUT2D eigenvalue weighted by Crippen LogP contribution is -2.12. The Labute approximate surface area is 152 Å². The van der Waals surface area contributed by atoms with Crippen LogP contribution in [0.4, 0.5) is 17.5 Å². The fourth-order valence-electron chi connectivity index (χ4n) is 2.26. The highest BCUT2D eigenvalue weighted by molar-refractivity contribution is 7.90. The molecule has 3 rings (SSSR count). The number of nitrogens with one attached hydrogen (secondary N) is 1. The number of rotatable bonds is 6. The second-order valence-electron chi connectivity index (χ2n) is 6.12. The molecule has 0 radical (unpaired) electrons. The van der Waals surface area contributed by atoms with Crippen LogP contribution in [0.5, 0.6) is 0 Å². The first-order valence-corrected chi connectivity index (χ1v) is 9.92. The summed E-state index contributed by atoms with van der Waals surface area (Å²) in [6.45, 7) is 0. The molecule has 0 aliphatic heterocycles. The van der Waals surface area contributed by atoms with Crippen LogP contribution >= 0.6 is 0 Å². The van der Waals surface area contributed by atoms with Crippen molar-refractivity contribution in [2.45, 2.75) is 17.7 Å². The van der Waals surface area contributed by atoms with Crippen molar-refractivity contribution in [3.05, 3.63) is 48.3 Å². The number of hydrogen-bond acceptors (Lipinski definition) is 7. The van der Waals surface area contributed by atoms with Crippen LogP contribution < -0.4 is 16.8 Å². The van der Waals surface area contributed by atoms with Gasteiger partial charge in [-0.3, -0.25) is 0 Å². The first kappa shape index (κ1) is 17.9. The average Bonchev–Trinajstić information content (AvgIpc) is 3.39. The van der Waals surface area contributed by atoms with Crippen molar-refractivity contribution in [2.24, 2.45) is 22.4 Å². The lowest BCUT2D eigenvalue weighted by Gasteiger charge is -2.06. The van der Waals surface area contributed by atoms with Crippen LogP contribution in [0.3, 0.4) is 0 Å². The minimum Gasteiger partial charge on any atom is -0.402 e. The molecule has 8 nitrogen and oxygen atoms in total. The van der Waals surface area contributed by atoms with Gasteiger partial charge in [-0.25, -0.2) is 18.4 Å². The number of nitrogens with zero attached hydrogens (tertiary/aromatic N) is 3. The summed E-state index contributed by atoms with van der Waals surface area (Å²) in [5.41, 5.74) is 13.2. The molecule has 0 unspecified atom stereocenters. The molecule has 136 valence electrons. The summed E-state index contributed by atoms with van der Waals surface area (Å²) >= 11 is 0. The third-order valence-corrected chi connectivity index (χ3v) is 4.91. The number of aromatic nitrogens is 2. The third-order valence-electron chi connectivity index (χ3n) is 3.79. The standard InChI is InChI=1S/C17H20N6O2S/c1-26(24,25)13-6-4-12(5-7-13)21-17-20-9-8-16(23-17)22-15(19)10-14(18)11-2-3-11/h4-11H,2-3,18H2,1H3,(H3,19,20,21,22,23)/b14-10-. The Morgan fingerprint density at radius 1 is 1.23 bits per heavy atom. The number of benzene rings is 1. The summed E-state index contributed by atoms with van der Waals surface area (Å²) in [6.07, 6.45) is 6.57. The van der Waals surface area contributed by atoms with E-state index in [-0.39, 0.29) is 10.7 Å². The molecule has 1 fully saturated rings. The van der Waals surface area contributed by atoms with Gasteiger partial charge in [0.1, 0.15) is 5.84 Å². The summed E-state index contributed by atoms with van der Waals surface area (Å²) in [6, 6.07) is 7.95. The van der Waals surface area contributed by atoms with Crippen molar-refractivity contribution >= 4 is 33.1 Å². The molecule has 1 aromatic carbocycles. The topological polar surface area (TPSA) is 136 Å². The Morgan fingerprint density at radius 3 is 2.54 bits per heavy atom. The number of sulfone groups is 1. The van der Waals surface area contributed by atoms with Crippen LogP contribution in [-0.4, -0.2) is 30.5 Å². The predicted octanol–water partition coefficient (Wildman–Crippen LogP) is 1.86. The van der Waals surface area contributed by atoms with Gasteiger partial charge in [-0.2, -0.15) is 4.98 Å². The number of aliphatic imine (C=N–C) groups is 1. The third kappa shape index (κ3) is 4.79. The molecular weight excluding hydrogens is 352 g/mol. The largest absolute Gasteiger partial charge is 0.402 e. The molecule has 0 bridgehead atoms. The fraction of sp³-hybridized carbons (Fsp3) is 0.235. The van der Waals surface area contributed by atoms with E-state index in [1.807, 2.05) is 0 Å². The normalized spacial score (nSPS) is 15.7. The molecule has 0 spiro atoms. The quantitative estimate of drug-likeness (QED) is 0.520. The summed E-state index contributed by atoms with van der Waals surface area (Å²) in [5.74, 6) is 1.43. The van der Waals surface area contributed by atoms with Gasteiger partial charge in [0, 0.05) is 29.9 Å². The first-order valence-electron chi connectivity index (χ1n) is 8.03. The maximum Gasteiger partial charge on any atom is 0.229 e. The Kier molecular flexibility index (Phi) is 4.90. The van der Waals surface area contributed by atoms with Gasteiger partial charge in [-0.1, -0.05) is 0 Å². The van der Waals surface area contributed by atoms with Gasteiger partial charge in [0.2, 0.25) is 5.95 Å². The zero-order valence-electron chi connectivity index (χ0n) is 14.3. The van der Waals surface area contributed by atoms with E-state index in [1.54, 1.807) is 30.5 Å². The summed E-state index contributed by atoms with van der Waals surface area (Å²) in [5, 5.41) is 3.00. The zero-order chi connectivity index (χ0) is 18.7. The summed E-state index contributed by atoms with van der Waals surface area (Å²) in [7, 11) is -3.23. The fourth-order valence-corrected chi connectivity index (χ4v) is 2.89. The smallest absolute Gasteiger partial charge is 0.229 e. The van der Waals surface area contributed by atoms with Gasteiger partial charge >= 0.3 is 0 Å². The van der Waals surface area contributed by atoms with E-state index < -0.39 is 9.84 Å². The number of hydrogen-bond donors (Lipinski definition) is 3. The first-order chi connectivity index (χ1) is 12.3. The van der Waals surface area contributed by atoms with Gasteiger partial charge in [0.25, 0.3) is 0 Å². The molecule has 2 aromatic rings. The van der Waals surface area contributed by atoms with Crippen molar-refractivity contribution in [2.75, 3.05) is 11.6 Å². The van der Waals surface area contributed by atoms with Gasteiger partial charge in [0.05, 0.1) is 4.90 Å². The van der Waals surface area contributed by atoms with E-state index in [1.165, 1.54) is 12.1 Å². The van der Waals surface area contributed by atoms with Crippen LogP contribution in [0.25, 0.3) is 0 Å². The molecule has 1 aromatic heterocycles. The molecule has 0 amide bonds. The van der Waals surface area contributed by atoms with Crippen molar-refractivity contribution in [1.82, 2.24) is 9.97 Å². The van der Waals surface area contributed by atoms with Crippen molar-refractivity contribution in [1.29, 1.82) is 0 Å². The number of amidine groups is 1. The van der Waals surface area contributed by atoms with Crippen molar-refractivity contribution in [3.8, 4) is 0 Å². The van der Waals surface area contributed by atoms with Gasteiger partial charge in [0.15, 0.2) is 15.7 Å². The Hall–Kier alpha value is -2.94. The summed E-state index contributed by atoms with van der Waals surface area (Å²) in [4.78, 5) is 12.9. The maximum atomic E-state index is 11.5. The van der Waals surface area contributed by atoms with Crippen LogP contribution in [0, 0.1) is 5.92 Å². The number of allylic oxidation sites excluding steroid dienone is 1. The molecule has 26 heavy (non-hydrogen) atoms. The molecule has 5 N–H and O–H groups in total. The molecule has 9 heteroatoms. The molecular formula is C17H20N6O2S. The molecule has 0 atom stereocenters.